The number of carbonyl (C=O) groups excluding carboxylic acids is 1. The number of carbonyl (C=O) groups is 1. The highest BCUT2D eigenvalue weighted by molar-refractivity contribution is 7.85. The van der Waals surface area contributed by atoms with Gasteiger partial charge in [-0.05, 0) is 31.6 Å². The van der Waals surface area contributed by atoms with Gasteiger partial charge in [0.15, 0.2) is 0 Å². The molecule has 2 atom stereocenters. The second-order valence-electron chi connectivity index (χ2n) is 5.32. The summed E-state index contributed by atoms with van der Waals surface area (Å²) >= 11 is 0. The number of rotatable bonds is 4. The van der Waals surface area contributed by atoms with E-state index >= 15 is 0 Å². The Hall–Kier alpha value is -0.820. The van der Waals surface area contributed by atoms with Gasteiger partial charge in [-0.15, -0.1) is 0 Å². The number of fused-ring (bicyclic) bond motifs is 1. The average molecular weight is 277 g/mol. The molecular weight excluding hydrogens is 258 g/mol. The molecule has 0 N–H and O–H groups in total. The zero-order valence-electron chi connectivity index (χ0n) is 10.8. The summed E-state index contributed by atoms with van der Waals surface area (Å²) < 4.78 is 31.6. The normalized spacial score (nSPS) is 30.4. The molecule has 1 saturated heterocycles. The van der Waals surface area contributed by atoms with Crippen LogP contribution in [0.2, 0.25) is 0 Å². The minimum Gasteiger partial charge on any atom is -0.447 e. The number of hydrogen-bond acceptors (Lipinski definition) is 5. The van der Waals surface area contributed by atoms with Crippen molar-refractivity contribution in [1.29, 1.82) is 0 Å². The molecule has 1 aliphatic carbocycles. The maximum Gasteiger partial charge on any atom is 0.410 e. The van der Waals surface area contributed by atoms with E-state index in [1.54, 1.807) is 4.90 Å². The van der Waals surface area contributed by atoms with Crippen molar-refractivity contribution in [1.82, 2.24) is 4.90 Å². The first kappa shape index (κ1) is 13.6. The monoisotopic (exact) mass is 277 g/mol. The third-order valence-electron chi connectivity index (χ3n) is 3.44. The maximum absolute atomic E-state index is 11.6. The van der Waals surface area contributed by atoms with Crippen LogP contribution in [-0.4, -0.2) is 51.5 Å². The molecule has 1 amide bonds. The van der Waals surface area contributed by atoms with Gasteiger partial charge in [-0.25, -0.2) is 4.79 Å². The summed E-state index contributed by atoms with van der Waals surface area (Å²) in [6.07, 6.45) is 0.663. The second-order valence-corrected chi connectivity index (χ2v) is 6.96. The van der Waals surface area contributed by atoms with Crippen molar-refractivity contribution >= 4 is 16.2 Å². The van der Waals surface area contributed by atoms with Gasteiger partial charge in [-0.3, -0.25) is 4.18 Å². The number of ether oxygens (including phenoxy) is 1. The molecule has 0 spiro atoms. The van der Waals surface area contributed by atoms with Crippen molar-refractivity contribution < 1.29 is 22.1 Å². The number of hydrogen-bond donors (Lipinski definition) is 0. The largest absolute Gasteiger partial charge is 0.447 e. The summed E-state index contributed by atoms with van der Waals surface area (Å²) in [6, 6.07) is 0. The lowest BCUT2D eigenvalue weighted by molar-refractivity contribution is 0.0779. The molecule has 0 aromatic rings. The van der Waals surface area contributed by atoms with Crippen LogP contribution < -0.4 is 0 Å². The SMILES string of the molecule is CC(C)OC(=O)N1CC2C(COS(C)(=O)=O)C2C1. The van der Waals surface area contributed by atoms with Crippen molar-refractivity contribution in [2.75, 3.05) is 26.0 Å². The van der Waals surface area contributed by atoms with Crippen LogP contribution in [-0.2, 0) is 19.0 Å². The van der Waals surface area contributed by atoms with E-state index in [1.807, 2.05) is 13.8 Å². The van der Waals surface area contributed by atoms with Crippen LogP contribution in [0.15, 0.2) is 0 Å². The standard InChI is InChI=1S/C11H19NO5S/c1-7(2)17-11(13)12-4-8-9(5-12)10(8)6-16-18(3,14)15/h7-10H,4-6H2,1-3H3. The van der Waals surface area contributed by atoms with Gasteiger partial charge in [0.2, 0.25) is 0 Å². The first-order valence-corrected chi connectivity index (χ1v) is 7.89. The predicted molar refractivity (Wildman–Crippen MR) is 64.5 cm³/mol. The van der Waals surface area contributed by atoms with Crippen LogP contribution in [0, 0.1) is 17.8 Å². The molecule has 2 aliphatic rings. The summed E-state index contributed by atoms with van der Waals surface area (Å²) in [4.78, 5) is 13.3. The molecule has 2 unspecified atom stereocenters. The fraction of sp³-hybridized carbons (Fsp3) is 0.909. The Labute approximate surface area is 107 Å². The van der Waals surface area contributed by atoms with Crippen molar-refractivity contribution in [2.45, 2.75) is 20.0 Å². The van der Waals surface area contributed by atoms with Gasteiger partial charge >= 0.3 is 6.09 Å². The highest BCUT2D eigenvalue weighted by atomic mass is 32.2. The van der Waals surface area contributed by atoms with Crippen LogP contribution in [0.25, 0.3) is 0 Å². The molecule has 104 valence electrons. The number of piperidine rings is 1. The molecule has 1 aliphatic heterocycles. The average Bonchev–Trinajstić information content (AvgIpc) is 2.67. The highest BCUT2D eigenvalue weighted by Gasteiger charge is 2.57. The second kappa shape index (κ2) is 4.70. The van der Waals surface area contributed by atoms with E-state index in [1.165, 1.54) is 0 Å². The zero-order valence-corrected chi connectivity index (χ0v) is 11.6. The van der Waals surface area contributed by atoms with Crippen molar-refractivity contribution in [3.05, 3.63) is 0 Å². The van der Waals surface area contributed by atoms with Crippen LogP contribution in [0.3, 0.4) is 0 Å². The molecule has 18 heavy (non-hydrogen) atoms. The van der Waals surface area contributed by atoms with E-state index in [9.17, 15) is 13.2 Å². The van der Waals surface area contributed by atoms with Crippen LogP contribution >= 0.6 is 0 Å². The maximum atomic E-state index is 11.6. The highest BCUT2D eigenvalue weighted by Crippen LogP contribution is 2.51. The molecule has 0 radical (unpaired) electrons. The minimum atomic E-state index is -3.36. The van der Waals surface area contributed by atoms with Gasteiger partial charge < -0.3 is 9.64 Å². The number of amides is 1. The van der Waals surface area contributed by atoms with Crippen LogP contribution in [0.5, 0.6) is 0 Å². The minimum absolute atomic E-state index is 0.112. The quantitative estimate of drug-likeness (QED) is 0.707. The van der Waals surface area contributed by atoms with E-state index in [2.05, 4.69) is 0 Å². The first-order valence-electron chi connectivity index (χ1n) is 6.08. The van der Waals surface area contributed by atoms with Gasteiger partial charge in [-0.1, -0.05) is 0 Å². The Morgan fingerprint density at radius 2 is 1.89 bits per heavy atom. The predicted octanol–water partition coefficient (Wildman–Crippen LogP) is 0.685. The summed E-state index contributed by atoms with van der Waals surface area (Å²) in [6.45, 7) is 5.16. The van der Waals surface area contributed by atoms with Gasteiger partial charge in [0, 0.05) is 13.1 Å². The van der Waals surface area contributed by atoms with E-state index < -0.39 is 10.1 Å². The fourth-order valence-electron chi connectivity index (χ4n) is 2.52. The lowest BCUT2D eigenvalue weighted by atomic mass is 10.3. The first-order chi connectivity index (χ1) is 8.28. The third-order valence-corrected chi connectivity index (χ3v) is 4.00. The Morgan fingerprint density at radius 3 is 2.33 bits per heavy atom. The molecule has 0 bridgehead atoms. The molecular formula is C11H19NO5S. The van der Waals surface area contributed by atoms with E-state index in [0.29, 0.717) is 24.9 Å². The lowest BCUT2D eigenvalue weighted by Gasteiger charge is -2.20. The van der Waals surface area contributed by atoms with Crippen molar-refractivity contribution in [3.8, 4) is 0 Å². The summed E-state index contributed by atoms with van der Waals surface area (Å²) in [5, 5.41) is 0. The lowest BCUT2D eigenvalue weighted by Crippen LogP contribution is -2.34. The Balaban J connectivity index is 1.74. The third kappa shape index (κ3) is 3.14. The van der Waals surface area contributed by atoms with Gasteiger partial charge in [0.1, 0.15) is 0 Å². The molecule has 1 heterocycles. The number of likely N-dealkylation sites (tertiary alicyclic amines) is 1. The van der Waals surface area contributed by atoms with Gasteiger partial charge in [0.05, 0.1) is 19.0 Å². The topological polar surface area (TPSA) is 72.9 Å². The molecule has 6 nitrogen and oxygen atoms in total. The van der Waals surface area contributed by atoms with Crippen LogP contribution in [0.4, 0.5) is 4.79 Å². The molecule has 1 saturated carbocycles. The Kier molecular flexibility index (Phi) is 3.55. The molecule has 2 fully saturated rings. The zero-order chi connectivity index (χ0) is 13.5. The Morgan fingerprint density at radius 1 is 1.33 bits per heavy atom. The summed E-state index contributed by atoms with van der Waals surface area (Å²) in [5.41, 5.74) is 0. The van der Waals surface area contributed by atoms with Gasteiger partial charge in [-0.2, -0.15) is 8.42 Å². The van der Waals surface area contributed by atoms with E-state index in [0.717, 1.165) is 6.26 Å². The molecule has 2 rings (SSSR count). The Bertz CT molecular complexity index is 421. The van der Waals surface area contributed by atoms with Crippen LogP contribution in [0.1, 0.15) is 13.8 Å². The van der Waals surface area contributed by atoms with Crippen molar-refractivity contribution in [3.63, 3.8) is 0 Å². The van der Waals surface area contributed by atoms with Gasteiger partial charge in [0.25, 0.3) is 10.1 Å². The van der Waals surface area contributed by atoms with E-state index in [4.69, 9.17) is 8.92 Å². The number of nitrogens with zero attached hydrogens (tertiary/aromatic N) is 1. The molecule has 7 heteroatoms. The summed E-state index contributed by atoms with van der Waals surface area (Å²) in [5.74, 6) is 1.00. The fourth-order valence-corrected chi connectivity index (χ4v) is 2.93. The van der Waals surface area contributed by atoms with Crippen molar-refractivity contribution in [2.24, 2.45) is 17.8 Å². The summed E-state index contributed by atoms with van der Waals surface area (Å²) in [7, 11) is -3.36. The smallest absolute Gasteiger partial charge is 0.410 e. The molecule has 0 aromatic heterocycles. The molecule has 0 aromatic carbocycles. The van der Waals surface area contributed by atoms with E-state index in [-0.39, 0.29) is 24.7 Å².